The number of benzene rings is 2. The zero-order valence-electron chi connectivity index (χ0n) is 9.96. The second-order valence-electron chi connectivity index (χ2n) is 3.92. The third-order valence-corrected chi connectivity index (χ3v) is 3.51. The highest BCUT2D eigenvalue weighted by Crippen LogP contribution is 2.33. The molecule has 0 aromatic heterocycles. The van der Waals surface area contributed by atoms with Crippen LogP contribution in [0, 0.1) is 11.6 Å². The van der Waals surface area contributed by atoms with Crippen LogP contribution in [0.2, 0.25) is 5.02 Å². The van der Waals surface area contributed by atoms with Crippen molar-refractivity contribution in [1.29, 1.82) is 0 Å². The zero-order valence-corrected chi connectivity index (χ0v) is 11.5. The fourth-order valence-corrected chi connectivity index (χ4v) is 2.12. The van der Waals surface area contributed by atoms with E-state index in [2.05, 4.69) is 0 Å². The summed E-state index contributed by atoms with van der Waals surface area (Å²) in [6, 6.07) is 8.49. The Bertz CT molecular complexity index is 602. The Morgan fingerprint density at radius 2 is 1.79 bits per heavy atom. The largest absolute Gasteiger partial charge is 0.497 e. The minimum absolute atomic E-state index is 0.00261. The Balaban J connectivity index is 2.38. The highest BCUT2D eigenvalue weighted by atomic mass is 35.5. The predicted molar refractivity (Wildman–Crippen MR) is 72.1 cm³/mol. The van der Waals surface area contributed by atoms with Crippen LogP contribution in [0.25, 0.3) is 0 Å². The van der Waals surface area contributed by atoms with Crippen LogP contribution in [0.1, 0.15) is 16.5 Å². The van der Waals surface area contributed by atoms with Crippen molar-refractivity contribution in [3.8, 4) is 5.75 Å². The van der Waals surface area contributed by atoms with Crippen molar-refractivity contribution in [2.75, 3.05) is 7.11 Å². The smallest absolute Gasteiger partial charge is 0.142 e. The normalized spacial score (nSPS) is 12.3. The maximum Gasteiger partial charge on any atom is 0.142 e. The summed E-state index contributed by atoms with van der Waals surface area (Å²) in [4.78, 5) is 0. The lowest BCUT2D eigenvalue weighted by atomic mass is 10.0. The van der Waals surface area contributed by atoms with Crippen LogP contribution in [0.3, 0.4) is 0 Å². The van der Waals surface area contributed by atoms with Crippen LogP contribution in [0.5, 0.6) is 5.75 Å². The highest BCUT2D eigenvalue weighted by Gasteiger charge is 2.17. The minimum Gasteiger partial charge on any atom is -0.497 e. The van der Waals surface area contributed by atoms with Crippen LogP contribution in [-0.2, 0) is 0 Å². The van der Waals surface area contributed by atoms with E-state index in [1.54, 1.807) is 12.1 Å². The van der Waals surface area contributed by atoms with Gasteiger partial charge in [-0.1, -0.05) is 23.7 Å². The SMILES string of the molecule is COc1ccc(C(Cl)c2ccc(Cl)c(F)c2)c(F)c1. The second kappa shape index (κ2) is 5.76. The number of methoxy groups -OCH3 is 1. The lowest BCUT2D eigenvalue weighted by molar-refractivity contribution is 0.410. The number of ether oxygens (including phenoxy) is 1. The van der Waals surface area contributed by atoms with Gasteiger partial charge in [0.25, 0.3) is 0 Å². The van der Waals surface area contributed by atoms with Gasteiger partial charge in [-0.15, -0.1) is 11.6 Å². The van der Waals surface area contributed by atoms with Gasteiger partial charge in [-0.2, -0.15) is 0 Å². The molecular weight excluding hydrogens is 293 g/mol. The van der Waals surface area contributed by atoms with E-state index in [9.17, 15) is 8.78 Å². The van der Waals surface area contributed by atoms with Crippen LogP contribution in [0.15, 0.2) is 36.4 Å². The third kappa shape index (κ3) is 2.99. The van der Waals surface area contributed by atoms with E-state index in [0.717, 1.165) is 0 Å². The molecule has 0 aliphatic carbocycles. The molecule has 0 radical (unpaired) electrons. The Morgan fingerprint density at radius 1 is 1.05 bits per heavy atom. The molecule has 0 N–H and O–H groups in total. The Labute approximate surface area is 119 Å². The van der Waals surface area contributed by atoms with Gasteiger partial charge in [0.1, 0.15) is 17.4 Å². The summed E-state index contributed by atoms with van der Waals surface area (Å²) in [6.07, 6.45) is 0. The molecule has 2 aromatic rings. The van der Waals surface area contributed by atoms with E-state index < -0.39 is 17.0 Å². The maximum atomic E-state index is 13.9. The van der Waals surface area contributed by atoms with E-state index in [1.807, 2.05) is 0 Å². The number of rotatable bonds is 3. The van der Waals surface area contributed by atoms with Gasteiger partial charge in [-0.3, -0.25) is 0 Å². The average molecular weight is 303 g/mol. The lowest BCUT2D eigenvalue weighted by Gasteiger charge is -2.12. The number of hydrogen-bond acceptors (Lipinski definition) is 1. The van der Waals surface area contributed by atoms with E-state index in [1.165, 1.54) is 31.4 Å². The molecule has 0 amide bonds. The molecule has 100 valence electrons. The summed E-state index contributed by atoms with van der Waals surface area (Å²) in [5.74, 6) is -0.694. The first-order chi connectivity index (χ1) is 9.02. The van der Waals surface area contributed by atoms with Gasteiger partial charge in [0.2, 0.25) is 0 Å². The van der Waals surface area contributed by atoms with E-state index in [4.69, 9.17) is 27.9 Å². The molecule has 0 saturated heterocycles. The molecule has 0 aliphatic rings. The molecule has 0 bridgehead atoms. The van der Waals surface area contributed by atoms with Gasteiger partial charge in [0, 0.05) is 11.6 Å². The Morgan fingerprint density at radius 3 is 2.37 bits per heavy atom. The number of hydrogen-bond donors (Lipinski definition) is 0. The molecule has 2 aromatic carbocycles. The first kappa shape index (κ1) is 14.1. The van der Waals surface area contributed by atoms with Crippen molar-refractivity contribution in [1.82, 2.24) is 0 Å². The van der Waals surface area contributed by atoms with Gasteiger partial charge in [-0.25, -0.2) is 8.78 Å². The summed E-state index contributed by atoms with van der Waals surface area (Å²) in [5.41, 5.74) is 0.692. The summed E-state index contributed by atoms with van der Waals surface area (Å²) < 4.78 is 32.1. The topological polar surface area (TPSA) is 9.23 Å². The van der Waals surface area contributed by atoms with Crippen molar-refractivity contribution in [2.45, 2.75) is 5.38 Å². The summed E-state index contributed by atoms with van der Waals surface area (Å²) in [7, 11) is 1.45. The van der Waals surface area contributed by atoms with Gasteiger partial charge >= 0.3 is 0 Å². The summed E-state index contributed by atoms with van der Waals surface area (Å²) in [5, 5.41) is -0.791. The number of alkyl halides is 1. The van der Waals surface area contributed by atoms with E-state index in [0.29, 0.717) is 11.3 Å². The first-order valence-electron chi connectivity index (χ1n) is 5.45. The van der Waals surface area contributed by atoms with Crippen LogP contribution >= 0.6 is 23.2 Å². The number of halogens is 4. The van der Waals surface area contributed by atoms with Crippen molar-refractivity contribution in [2.24, 2.45) is 0 Å². The van der Waals surface area contributed by atoms with E-state index in [-0.39, 0.29) is 10.6 Å². The molecule has 19 heavy (non-hydrogen) atoms. The molecule has 1 atom stereocenters. The molecular formula is C14H10Cl2F2O. The molecule has 1 nitrogen and oxygen atoms in total. The summed E-state index contributed by atoms with van der Waals surface area (Å²) >= 11 is 11.8. The van der Waals surface area contributed by atoms with Gasteiger partial charge in [-0.05, 0) is 23.8 Å². The fraction of sp³-hybridized carbons (Fsp3) is 0.143. The minimum atomic E-state index is -0.794. The van der Waals surface area contributed by atoms with Crippen molar-refractivity contribution < 1.29 is 13.5 Å². The maximum absolute atomic E-state index is 13.9. The molecule has 2 rings (SSSR count). The van der Waals surface area contributed by atoms with Gasteiger partial charge < -0.3 is 4.74 Å². The molecule has 1 unspecified atom stereocenters. The molecule has 5 heteroatoms. The molecule has 0 saturated carbocycles. The van der Waals surface area contributed by atoms with Gasteiger partial charge in [0.15, 0.2) is 0 Å². The predicted octanol–water partition coefficient (Wildman–Crippen LogP) is 4.96. The monoisotopic (exact) mass is 302 g/mol. The van der Waals surface area contributed by atoms with Crippen molar-refractivity contribution in [3.63, 3.8) is 0 Å². The van der Waals surface area contributed by atoms with Crippen molar-refractivity contribution >= 4 is 23.2 Å². The fourth-order valence-electron chi connectivity index (χ4n) is 1.69. The second-order valence-corrected chi connectivity index (χ2v) is 4.77. The van der Waals surface area contributed by atoms with Gasteiger partial charge in [0.05, 0.1) is 17.5 Å². The lowest BCUT2D eigenvalue weighted by Crippen LogP contribution is -1.98. The standard InChI is InChI=1S/C14H10Cl2F2O/c1-19-9-3-4-10(12(17)7-9)14(16)8-2-5-11(15)13(18)6-8/h2-7,14H,1H3. The van der Waals surface area contributed by atoms with Crippen LogP contribution < -0.4 is 4.74 Å². The molecule has 0 spiro atoms. The molecule has 0 aliphatic heterocycles. The van der Waals surface area contributed by atoms with E-state index >= 15 is 0 Å². The molecule has 0 fully saturated rings. The van der Waals surface area contributed by atoms with Crippen LogP contribution in [-0.4, -0.2) is 7.11 Å². The zero-order chi connectivity index (χ0) is 14.0. The molecule has 0 heterocycles. The Kier molecular flexibility index (Phi) is 4.27. The average Bonchev–Trinajstić information content (AvgIpc) is 2.41. The van der Waals surface area contributed by atoms with Crippen molar-refractivity contribution in [3.05, 3.63) is 64.2 Å². The Hall–Kier alpha value is -1.32. The first-order valence-corrected chi connectivity index (χ1v) is 6.27. The highest BCUT2D eigenvalue weighted by molar-refractivity contribution is 6.30. The quantitative estimate of drug-likeness (QED) is 0.729. The van der Waals surface area contributed by atoms with Crippen LogP contribution in [0.4, 0.5) is 8.78 Å². The third-order valence-electron chi connectivity index (χ3n) is 2.72. The summed E-state index contributed by atoms with van der Waals surface area (Å²) in [6.45, 7) is 0.